The average Bonchev–Trinajstić information content (AvgIpc) is 3.16. The number of hydrogen-bond acceptors (Lipinski definition) is 2. The molecule has 2 heterocycles. The van der Waals surface area contributed by atoms with Crippen LogP contribution in [0.25, 0.3) is 27.8 Å². The van der Waals surface area contributed by atoms with Gasteiger partial charge in [-0.25, -0.2) is 0 Å². The van der Waals surface area contributed by atoms with Gasteiger partial charge in [0.15, 0.2) is 0 Å². The fraction of sp³-hybridized carbons (Fsp3) is 0. The van der Waals surface area contributed by atoms with Gasteiger partial charge in [0, 0.05) is 27.8 Å². The second-order valence-electron chi connectivity index (χ2n) is 4.69. The molecule has 4 aromatic rings. The minimum absolute atomic E-state index is 1.05. The van der Waals surface area contributed by atoms with Crippen molar-refractivity contribution in [1.82, 2.24) is 19.7 Å². The Balaban J connectivity index is 1.84. The van der Waals surface area contributed by atoms with E-state index in [1.165, 1.54) is 5.39 Å². The molecule has 0 amide bonds. The first kappa shape index (κ1) is 11.0. The average molecular weight is 260 g/mol. The van der Waals surface area contributed by atoms with Crippen LogP contribution >= 0.6 is 0 Å². The van der Waals surface area contributed by atoms with E-state index >= 15 is 0 Å². The third kappa shape index (κ3) is 1.78. The molecule has 0 aliphatic rings. The predicted octanol–water partition coefficient (Wildman–Crippen LogP) is 3.42. The zero-order valence-corrected chi connectivity index (χ0v) is 10.7. The van der Waals surface area contributed by atoms with Crippen molar-refractivity contribution >= 4 is 10.9 Å². The summed E-state index contributed by atoms with van der Waals surface area (Å²) in [7, 11) is 0. The molecule has 0 radical (unpaired) electrons. The molecule has 0 atom stereocenters. The highest BCUT2D eigenvalue weighted by Crippen LogP contribution is 2.25. The lowest BCUT2D eigenvalue weighted by Gasteiger charge is -2.03. The minimum Gasteiger partial charge on any atom is -0.355 e. The van der Waals surface area contributed by atoms with E-state index in [2.05, 4.69) is 45.5 Å². The Morgan fingerprint density at radius 1 is 0.850 bits per heavy atom. The topological polar surface area (TPSA) is 46.5 Å². The molecule has 4 rings (SSSR count). The molecule has 4 nitrogen and oxygen atoms in total. The second kappa shape index (κ2) is 4.35. The summed E-state index contributed by atoms with van der Waals surface area (Å²) in [6.07, 6.45) is 3.40. The minimum atomic E-state index is 1.05. The van der Waals surface area contributed by atoms with Crippen molar-refractivity contribution in [2.45, 2.75) is 0 Å². The third-order valence-electron chi connectivity index (χ3n) is 3.40. The molecular formula is C16H12N4. The summed E-state index contributed by atoms with van der Waals surface area (Å²) in [5.41, 5.74) is 4.46. The smallest absolute Gasteiger partial charge is 0.123 e. The van der Waals surface area contributed by atoms with Gasteiger partial charge >= 0.3 is 0 Å². The molecule has 2 aromatic heterocycles. The lowest BCUT2D eigenvalue weighted by molar-refractivity contribution is 1.06. The molecule has 0 fully saturated rings. The molecule has 0 aliphatic carbocycles. The third-order valence-corrected chi connectivity index (χ3v) is 3.40. The highest BCUT2D eigenvalue weighted by molar-refractivity contribution is 5.86. The molecule has 96 valence electrons. The first-order valence-corrected chi connectivity index (χ1v) is 6.43. The Hall–Kier alpha value is -2.88. The van der Waals surface area contributed by atoms with Crippen molar-refractivity contribution in [2.24, 2.45) is 0 Å². The Bertz CT molecular complexity index is 826. The van der Waals surface area contributed by atoms with Crippen molar-refractivity contribution in [3.63, 3.8) is 0 Å². The number of nitrogens with zero attached hydrogens (tertiary/aromatic N) is 3. The Labute approximate surface area is 115 Å². The first-order valence-electron chi connectivity index (χ1n) is 6.43. The van der Waals surface area contributed by atoms with E-state index in [-0.39, 0.29) is 0 Å². The number of para-hydroxylation sites is 1. The summed E-state index contributed by atoms with van der Waals surface area (Å²) in [6, 6.07) is 18.7. The van der Waals surface area contributed by atoms with Crippen molar-refractivity contribution in [3.05, 3.63) is 67.3 Å². The van der Waals surface area contributed by atoms with Gasteiger partial charge in [-0.1, -0.05) is 30.3 Å². The molecule has 0 saturated carbocycles. The van der Waals surface area contributed by atoms with E-state index in [0.29, 0.717) is 0 Å². The Morgan fingerprint density at radius 2 is 1.70 bits per heavy atom. The predicted molar refractivity (Wildman–Crippen MR) is 78.7 cm³/mol. The molecule has 2 aromatic carbocycles. The van der Waals surface area contributed by atoms with E-state index in [1.54, 1.807) is 12.7 Å². The van der Waals surface area contributed by atoms with E-state index in [9.17, 15) is 0 Å². The van der Waals surface area contributed by atoms with Gasteiger partial charge in [-0.15, -0.1) is 10.2 Å². The van der Waals surface area contributed by atoms with Crippen molar-refractivity contribution in [3.8, 4) is 16.9 Å². The number of nitrogens with one attached hydrogen (secondary N) is 1. The lowest BCUT2D eigenvalue weighted by Crippen LogP contribution is -1.90. The summed E-state index contributed by atoms with van der Waals surface area (Å²) < 4.78 is 1.89. The molecule has 0 unspecified atom stereocenters. The number of aromatic nitrogens is 4. The van der Waals surface area contributed by atoms with E-state index in [4.69, 9.17) is 0 Å². The molecule has 4 heteroatoms. The van der Waals surface area contributed by atoms with Crippen LogP contribution in [-0.4, -0.2) is 19.7 Å². The molecule has 1 N–H and O–H groups in total. The standard InChI is InChI=1S/C16H12N4/c1-2-7-15-13(4-1)9-16(19-15)12-5-3-6-14(8-12)20-10-17-18-11-20/h1-11,19H. The normalized spacial score (nSPS) is 11.0. The van der Waals surface area contributed by atoms with Crippen molar-refractivity contribution < 1.29 is 0 Å². The van der Waals surface area contributed by atoms with Crippen LogP contribution < -0.4 is 0 Å². The van der Waals surface area contributed by atoms with Gasteiger partial charge in [-0.05, 0) is 24.3 Å². The van der Waals surface area contributed by atoms with E-state index < -0.39 is 0 Å². The summed E-state index contributed by atoms with van der Waals surface area (Å²) in [5.74, 6) is 0. The highest BCUT2D eigenvalue weighted by Gasteiger charge is 2.04. The second-order valence-corrected chi connectivity index (χ2v) is 4.69. The van der Waals surface area contributed by atoms with Gasteiger partial charge in [0.05, 0.1) is 0 Å². The SMILES string of the molecule is c1cc(-c2cc3ccccc3[nH]2)cc(-n2cnnc2)c1. The molecule has 0 spiro atoms. The number of rotatable bonds is 2. The van der Waals surface area contributed by atoms with Crippen LogP contribution in [0.3, 0.4) is 0 Å². The van der Waals surface area contributed by atoms with Gasteiger partial charge < -0.3 is 4.98 Å². The van der Waals surface area contributed by atoms with Gasteiger partial charge in [0.25, 0.3) is 0 Å². The molecule has 20 heavy (non-hydrogen) atoms. The van der Waals surface area contributed by atoms with E-state index in [1.807, 2.05) is 28.8 Å². The maximum absolute atomic E-state index is 3.84. The fourth-order valence-corrected chi connectivity index (χ4v) is 2.40. The maximum atomic E-state index is 3.84. The van der Waals surface area contributed by atoms with Crippen LogP contribution in [0, 0.1) is 0 Å². The van der Waals surface area contributed by atoms with Crippen LogP contribution in [-0.2, 0) is 0 Å². The van der Waals surface area contributed by atoms with Gasteiger partial charge in [-0.3, -0.25) is 4.57 Å². The number of hydrogen-bond donors (Lipinski definition) is 1. The van der Waals surface area contributed by atoms with Crippen LogP contribution in [0.2, 0.25) is 0 Å². The van der Waals surface area contributed by atoms with Gasteiger partial charge in [-0.2, -0.15) is 0 Å². The Kier molecular flexibility index (Phi) is 2.39. The summed E-state index contributed by atoms with van der Waals surface area (Å²) in [5, 5.41) is 8.90. The first-order chi connectivity index (χ1) is 9.90. The quantitative estimate of drug-likeness (QED) is 0.600. The van der Waals surface area contributed by atoms with Crippen LogP contribution in [0.5, 0.6) is 0 Å². The van der Waals surface area contributed by atoms with Gasteiger partial charge in [0.1, 0.15) is 12.7 Å². The number of benzene rings is 2. The zero-order chi connectivity index (χ0) is 13.4. The highest BCUT2D eigenvalue weighted by atomic mass is 15.2. The Morgan fingerprint density at radius 3 is 2.55 bits per heavy atom. The van der Waals surface area contributed by atoms with E-state index in [0.717, 1.165) is 22.5 Å². The maximum Gasteiger partial charge on any atom is 0.123 e. The summed E-state index contributed by atoms with van der Waals surface area (Å²) in [4.78, 5) is 3.44. The van der Waals surface area contributed by atoms with Crippen molar-refractivity contribution in [1.29, 1.82) is 0 Å². The zero-order valence-electron chi connectivity index (χ0n) is 10.7. The molecule has 0 bridgehead atoms. The largest absolute Gasteiger partial charge is 0.355 e. The van der Waals surface area contributed by atoms with Crippen LogP contribution in [0.15, 0.2) is 67.3 Å². The van der Waals surface area contributed by atoms with Crippen molar-refractivity contribution in [2.75, 3.05) is 0 Å². The molecule has 0 aliphatic heterocycles. The molecule has 0 saturated heterocycles. The monoisotopic (exact) mass is 260 g/mol. The number of fused-ring (bicyclic) bond motifs is 1. The summed E-state index contributed by atoms with van der Waals surface area (Å²) in [6.45, 7) is 0. The fourth-order valence-electron chi connectivity index (χ4n) is 2.40. The van der Waals surface area contributed by atoms with Crippen LogP contribution in [0.4, 0.5) is 0 Å². The number of H-pyrrole nitrogens is 1. The lowest BCUT2D eigenvalue weighted by atomic mass is 10.1. The molecular weight excluding hydrogens is 248 g/mol. The summed E-state index contributed by atoms with van der Waals surface area (Å²) >= 11 is 0. The van der Waals surface area contributed by atoms with Gasteiger partial charge in [0.2, 0.25) is 0 Å². The van der Waals surface area contributed by atoms with Crippen LogP contribution in [0.1, 0.15) is 0 Å². The number of aromatic amines is 1.